The van der Waals surface area contributed by atoms with Gasteiger partial charge in [-0.1, -0.05) is 53.4 Å². The van der Waals surface area contributed by atoms with Crippen molar-refractivity contribution in [2.24, 2.45) is 23.5 Å². The second-order valence-electron chi connectivity index (χ2n) is 8.51. The molecule has 0 bridgehead atoms. The van der Waals surface area contributed by atoms with Crippen LogP contribution in [-0.2, 0) is 0 Å². The molecule has 2 saturated carbocycles. The van der Waals surface area contributed by atoms with E-state index in [-0.39, 0.29) is 0 Å². The van der Waals surface area contributed by atoms with Crippen molar-refractivity contribution >= 4 is 0 Å². The summed E-state index contributed by atoms with van der Waals surface area (Å²) in [5.74, 6) is 2.42. The van der Waals surface area contributed by atoms with Crippen molar-refractivity contribution < 1.29 is 0 Å². The van der Waals surface area contributed by atoms with Crippen LogP contribution in [0, 0.1) is 17.8 Å². The highest BCUT2D eigenvalue weighted by Crippen LogP contribution is 2.42. The van der Waals surface area contributed by atoms with E-state index in [1.807, 2.05) is 0 Å². The minimum atomic E-state index is 0.298. The summed E-state index contributed by atoms with van der Waals surface area (Å²) in [7, 11) is 0. The van der Waals surface area contributed by atoms with E-state index in [9.17, 15) is 0 Å². The molecular formula is C19H38N2. The molecule has 2 unspecified atom stereocenters. The molecule has 124 valence electrons. The molecule has 0 aromatic rings. The Morgan fingerprint density at radius 3 is 2.24 bits per heavy atom. The first-order valence-electron chi connectivity index (χ1n) is 9.45. The van der Waals surface area contributed by atoms with Crippen molar-refractivity contribution in [2.75, 3.05) is 13.1 Å². The SMILES string of the molecule is CC(C)CN(C1CCCC1)C1(CN)CCCC(C(C)C)C1. The molecule has 2 aliphatic rings. The first-order chi connectivity index (χ1) is 9.98. The highest BCUT2D eigenvalue weighted by atomic mass is 15.2. The van der Waals surface area contributed by atoms with Crippen LogP contribution in [0.15, 0.2) is 0 Å². The summed E-state index contributed by atoms with van der Waals surface area (Å²) in [6, 6.07) is 0.807. The summed E-state index contributed by atoms with van der Waals surface area (Å²) in [5.41, 5.74) is 6.70. The molecule has 0 amide bonds. The molecule has 0 saturated heterocycles. The van der Waals surface area contributed by atoms with Crippen molar-refractivity contribution in [2.45, 2.75) is 90.6 Å². The molecular weight excluding hydrogens is 256 g/mol. The van der Waals surface area contributed by atoms with E-state index < -0.39 is 0 Å². The Kier molecular flexibility index (Phi) is 6.14. The molecule has 2 heteroatoms. The minimum Gasteiger partial charge on any atom is -0.329 e. The standard InChI is InChI=1S/C19H38N2/c1-15(2)13-21(18-9-5-6-10-18)19(14-20)11-7-8-17(12-19)16(3)4/h15-18H,5-14,20H2,1-4H3. The van der Waals surface area contributed by atoms with Crippen molar-refractivity contribution in [3.63, 3.8) is 0 Å². The zero-order valence-electron chi connectivity index (χ0n) is 14.9. The van der Waals surface area contributed by atoms with Gasteiger partial charge >= 0.3 is 0 Å². The molecule has 2 rings (SSSR count). The predicted octanol–water partition coefficient (Wildman–Crippen LogP) is 4.43. The monoisotopic (exact) mass is 294 g/mol. The summed E-state index contributed by atoms with van der Waals surface area (Å²) in [6.07, 6.45) is 11.1. The van der Waals surface area contributed by atoms with E-state index in [1.165, 1.54) is 57.9 Å². The van der Waals surface area contributed by atoms with Crippen LogP contribution in [0.3, 0.4) is 0 Å². The summed E-state index contributed by atoms with van der Waals surface area (Å²) in [4.78, 5) is 2.89. The van der Waals surface area contributed by atoms with E-state index in [0.717, 1.165) is 30.3 Å². The van der Waals surface area contributed by atoms with Crippen LogP contribution in [0.5, 0.6) is 0 Å². The maximum atomic E-state index is 6.40. The average molecular weight is 295 g/mol. The van der Waals surface area contributed by atoms with E-state index in [0.29, 0.717) is 5.54 Å². The second-order valence-corrected chi connectivity index (χ2v) is 8.51. The fourth-order valence-electron chi connectivity index (χ4n) is 4.86. The lowest BCUT2D eigenvalue weighted by Crippen LogP contribution is -2.60. The molecule has 0 radical (unpaired) electrons. The molecule has 2 N–H and O–H groups in total. The molecule has 2 fully saturated rings. The zero-order valence-corrected chi connectivity index (χ0v) is 14.9. The number of nitrogens with two attached hydrogens (primary N) is 1. The van der Waals surface area contributed by atoms with Crippen LogP contribution in [0.2, 0.25) is 0 Å². The topological polar surface area (TPSA) is 29.3 Å². The zero-order chi connectivity index (χ0) is 15.5. The molecule has 0 aromatic carbocycles. The van der Waals surface area contributed by atoms with Gasteiger partial charge in [0.1, 0.15) is 0 Å². The molecule has 2 aliphatic carbocycles. The molecule has 0 spiro atoms. The highest BCUT2D eigenvalue weighted by molar-refractivity contribution is 5.00. The molecule has 2 nitrogen and oxygen atoms in total. The number of hydrogen-bond donors (Lipinski definition) is 1. The van der Waals surface area contributed by atoms with E-state index in [4.69, 9.17) is 5.73 Å². The Bertz CT molecular complexity index is 307. The molecule has 0 aromatic heterocycles. The lowest BCUT2D eigenvalue weighted by molar-refractivity contribution is -0.0121. The largest absolute Gasteiger partial charge is 0.329 e. The van der Waals surface area contributed by atoms with Gasteiger partial charge in [0.2, 0.25) is 0 Å². The Balaban J connectivity index is 2.19. The van der Waals surface area contributed by atoms with Gasteiger partial charge in [0.25, 0.3) is 0 Å². The summed E-state index contributed by atoms with van der Waals surface area (Å²) in [6.45, 7) is 11.6. The molecule has 0 heterocycles. The third-order valence-corrected chi connectivity index (χ3v) is 6.12. The van der Waals surface area contributed by atoms with Gasteiger partial charge in [0.05, 0.1) is 0 Å². The van der Waals surface area contributed by atoms with Gasteiger partial charge in [0.15, 0.2) is 0 Å². The van der Waals surface area contributed by atoms with Gasteiger partial charge in [-0.3, -0.25) is 4.90 Å². The van der Waals surface area contributed by atoms with Crippen molar-refractivity contribution in [1.82, 2.24) is 4.90 Å². The van der Waals surface area contributed by atoms with E-state index in [2.05, 4.69) is 32.6 Å². The minimum absolute atomic E-state index is 0.298. The van der Waals surface area contributed by atoms with Gasteiger partial charge < -0.3 is 5.73 Å². The fraction of sp³-hybridized carbons (Fsp3) is 1.00. The van der Waals surface area contributed by atoms with Crippen LogP contribution >= 0.6 is 0 Å². The Labute approximate surface area is 132 Å². The van der Waals surface area contributed by atoms with E-state index >= 15 is 0 Å². The van der Waals surface area contributed by atoms with Gasteiger partial charge in [-0.15, -0.1) is 0 Å². The molecule has 21 heavy (non-hydrogen) atoms. The molecule has 0 aliphatic heterocycles. The fourth-order valence-corrected chi connectivity index (χ4v) is 4.86. The third-order valence-electron chi connectivity index (χ3n) is 6.12. The maximum Gasteiger partial charge on any atom is 0.0337 e. The second kappa shape index (κ2) is 7.46. The predicted molar refractivity (Wildman–Crippen MR) is 92.4 cm³/mol. The van der Waals surface area contributed by atoms with Crippen molar-refractivity contribution in [1.29, 1.82) is 0 Å². The van der Waals surface area contributed by atoms with Gasteiger partial charge in [0, 0.05) is 24.7 Å². The van der Waals surface area contributed by atoms with Crippen molar-refractivity contribution in [3.05, 3.63) is 0 Å². The summed E-state index contributed by atoms with van der Waals surface area (Å²) < 4.78 is 0. The average Bonchev–Trinajstić information content (AvgIpc) is 2.98. The number of hydrogen-bond acceptors (Lipinski definition) is 2. The first kappa shape index (κ1) is 17.3. The van der Waals surface area contributed by atoms with Crippen LogP contribution < -0.4 is 5.73 Å². The Morgan fingerprint density at radius 1 is 1.05 bits per heavy atom. The maximum absolute atomic E-state index is 6.40. The van der Waals surface area contributed by atoms with Crippen LogP contribution in [0.25, 0.3) is 0 Å². The quantitative estimate of drug-likeness (QED) is 0.785. The Hall–Kier alpha value is -0.0800. The van der Waals surface area contributed by atoms with Crippen LogP contribution in [-0.4, -0.2) is 29.6 Å². The lowest BCUT2D eigenvalue weighted by Gasteiger charge is -2.52. The van der Waals surface area contributed by atoms with Crippen LogP contribution in [0.1, 0.15) is 79.1 Å². The third kappa shape index (κ3) is 4.01. The number of nitrogens with zero attached hydrogens (tertiary/aromatic N) is 1. The number of rotatable bonds is 6. The highest BCUT2D eigenvalue weighted by Gasteiger charge is 2.44. The van der Waals surface area contributed by atoms with Crippen molar-refractivity contribution in [3.8, 4) is 0 Å². The van der Waals surface area contributed by atoms with Gasteiger partial charge in [-0.25, -0.2) is 0 Å². The summed E-state index contributed by atoms with van der Waals surface area (Å²) >= 11 is 0. The normalized spacial score (nSPS) is 31.7. The Morgan fingerprint density at radius 2 is 1.71 bits per heavy atom. The smallest absolute Gasteiger partial charge is 0.0337 e. The molecule has 2 atom stereocenters. The van der Waals surface area contributed by atoms with Crippen LogP contribution in [0.4, 0.5) is 0 Å². The van der Waals surface area contributed by atoms with Gasteiger partial charge in [-0.05, 0) is 43.4 Å². The first-order valence-corrected chi connectivity index (χ1v) is 9.45. The van der Waals surface area contributed by atoms with E-state index in [1.54, 1.807) is 0 Å². The van der Waals surface area contributed by atoms with Gasteiger partial charge in [-0.2, -0.15) is 0 Å². The summed E-state index contributed by atoms with van der Waals surface area (Å²) in [5, 5.41) is 0. The lowest BCUT2D eigenvalue weighted by atomic mass is 9.70.